The second kappa shape index (κ2) is 1.66. The second-order valence-corrected chi connectivity index (χ2v) is 1.62. The van der Waals surface area contributed by atoms with Crippen LogP contribution in [-0.4, -0.2) is 9.97 Å². The topological polar surface area (TPSA) is 69.1 Å². The SMILES string of the molecule is O=c1oc2nccnc2o1. The van der Waals surface area contributed by atoms with E-state index in [9.17, 15) is 4.79 Å². The van der Waals surface area contributed by atoms with Gasteiger partial charge in [-0.25, -0.2) is 14.8 Å². The van der Waals surface area contributed by atoms with Gasteiger partial charge in [-0.3, -0.25) is 0 Å². The summed E-state index contributed by atoms with van der Waals surface area (Å²) in [5.41, 5.74) is 0.264. The normalized spacial score (nSPS) is 10.4. The summed E-state index contributed by atoms with van der Waals surface area (Å²) < 4.78 is 8.94. The summed E-state index contributed by atoms with van der Waals surface area (Å²) in [7, 11) is 0. The molecule has 0 bridgehead atoms. The second-order valence-electron chi connectivity index (χ2n) is 1.62. The molecule has 0 aliphatic rings. The molecular weight excluding hydrogens is 136 g/mol. The minimum atomic E-state index is -0.777. The van der Waals surface area contributed by atoms with Gasteiger partial charge in [-0.2, -0.15) is 0 Å². The van der Waals surface area contributed by atoms with Gasteiger partial charge >= 0.3 is 5.82 Å². The van der Waals surface area contributed by atoms with Crippen molar-refractivity contribution in [3.63, 3.8) is 0 Å². The Bertz CT molecular complexity index is 366. The Balaban J connectivity index is 3.01. The van der Waals surface area contributed by atoms with Crippen LogP contribution >= 0.6 is 0 Å². The molecule has 0 aliphatic carbocycles. The monoisotopic (exact) mass is 138 g/mol. The summed E-state index contributed by atoms with van der Waals surface area (Å²) in [6.45, 7) is 0. The van der Waals surface area contributed by atoms with E-state index in [0.717, 1.165) is 0 Å². The largest absolute Gasteiger partial charge is 0.522 e. The number of fused-ring (bicyclic) bond motifs is 1. The molecule has 0 aliphatic heterocycles. The van der Waals surface area contributed by atoms with E-state index in [4.69, 9.17) is 0 Å². The first kappa shape index (κ1) is 5.16. The van der Waals surface area contributed by atoms with Crippen molar-refractivity contribution in [2.24, 2.45) is 0 Å². The van der Waals surface area contributed by atoms with Crippen molar-refractivity contribution in [3.8, 4) is 0 Å². The molecule has 50 valence electrons. The number of nitrogens with zero attached hydrogens (tertiary/aromatic N) is 2. The predicted molar refractivity (Wildman–Crippen MR) is 30.3 cm³/mol. The fraction of sp³-hybridized carbons (Fsp3) is 0. The zero-order chi connectivity index (χ0) is 6.97. The molecule has 0 aromatic carbocycles. The van der Waals surface area contributed by atoms with Gasteiger partial charge in [0.1, 0.15) is 0 Å². The molecule has 5 nitrogen and oxygen atoms in total. The van der Waals surface area contributed by atoms with E-state index in [1.165, 1.54) is 12.4 Å². The van der Waals surface area contributed by atoms with Gasteiger partial charge in [0.05, 0.1) is 0 Å². The van der Waals surface area contributed by atoms with Crippen LogP contribution in [0.4, 0.5) is 0 Å². The molecule has 0 amide bonds. The molecular formula is C5H2N2O3. The zero-order valence-electron chi connectivity index (χ0n) is 4.77. The van der Waals surface area contributed by atoms with Gasteiger partial charge in [-0.15, -0.1) is 0 Å². The van der Waals surface area contributed by atoms with Crippen molar-refractivity contribution in [1.82, 2.24) is 9.97 Å². The molecule has 2 rings (SSSR count). The molecule has 2 aromatic heterocycles. The molecule has 0 spiro atoms. The first-order chi connectivity index (χ1) is 4.86. The summed E-state index contributed by atoms with van der Waals surface area (Å²) in [6, 6.07) is 0. The Morgan fingerprint density at radius 3 is 2.10 bits per heavy atom. The maximum absolute atomic E-state index is 10.4. The first-order valence-electron chi connectivity index (χ1n) is 2.57. The lowest BCUT2D eigenvalue weighted by Gasteiger charge is -1.76. The molecule has 0 radical (unpaired) electrons. The molecule has 0 N–H and O–H groups in total. The van der Waals surface area contributed by atoms with E-state index in [2.05, 4.69) is 18.8 Å². The number of rotatable bonds is 0. The maximum atomic E-state index is 10.4. The van der Waals surface area contributed by atoms with E-state index in [1.54, 1.807) is 0 Å². The average molecular weight is 138 g/mol. The van der Waals surface area contributed by atoms with Crippen LogP contribution in [0, 0.1) is 0 Å². The minimum Gasteiger partial charge on any atom is -0.370 e. The Morgan fingerprint density at radius 2 is 1.60 bits per heavy atom. The van der Waals surface area contributed by atoms with Gasteiger partial charge in [0.25, 0.3) is 11.4 Å². The van der Waals surface area contributed by atoms with Gasteiger partial charge in [0.15, 0.2) is 0 Å². The van der Waals surface area contributed by atoms with Gasteiger partial charge in [-0.05, 0) is 0 Å². The van der Waals surface area contributed by atoms with E-state index in [-0.39, 0.29) is 11.4 Å². The summed E-state index contributed by atoms with van der Waals surface area (Å²) in [4.78, 5) is 17.7. The van der Waals surface area contributed by atoms with Gasteiger partial charge in [0, 0.05) is 12.4 Å². The van der Waals surface area contributed by atoms with Crippen LogP contribution in [0.3, 0.4) is 0 Å². The van der Waals surface area contributed by atoms with Crippen molar-refractivity contribution >= 4 is 11.4 Å². The maximum Gasteiger partial charge on any atom is 0.522 e. The zero-order valence-corrected chi connectivity index (χ0v) is 4.77. The van der Waals surface area contributed by atoms with Crippen molar-refractivity contribution in [3.05, 3.63) is 23.0 Å². The summed E-state index contributed by atoms with van der Waals surface area (Å²) in [6.07, 6.45) is 2.83. The first-order valence-corrected chi connectivity index (χ1v) is 2.57. The van der Waals surface area contributed by atoms with E-state index < -0.39 is 5.82 Å². The van der Waals surface area contributed by atoms with Crippen LogP contribution in [0.5, 0.6) is 0 Å². The smallest absolute Gasteiger partial charge is 0.370 e. The van der Waals surface area contributed by atoms with Crippen LogP contribution < -0.4 is 5.82 Å². The summed E-state index contributed by atoms with van der Waals surface area (Å²) in [5.74, 6) is -0.777. The highest BCUT2D eigenvalue weighted by molar-refractivity contribution is 5.57. The molecule has 0 saturated carbocycles. The lowest BCUT2D eigenvalue weighted by molar-refractivity contribution is 0.405. The molecule has 0 unspecified atom stereocenters. The standard InChI is InChI=1S/C5H2N2O3/c8-5-9-3-4(10-5)7-2-1-6-3/h1-2H. The van der Waals surface area contributed by atoms with Crippen LogP contribution in [0.2, 0.25) is 0 Å². The number of hydrogen-bond acceptors (Lipinski definition) is 5. The third-order valence-electron chi connectivity index (χ3n) is 0.993. The van der Waals surface area contributed by atoms with Crippen molar-refractivity contribution in [2.75, 3.05) is 0 Å². The van der Waals surface area contributed by atoms with Gasteiger partial charge < -0.3 is 8.83 Å². The fourth-order valence-corrected chi connectivity index (χ4v) is 0.631. The quantitative estimate of drug-likeness (QED) is 0.519. The molecule has 2 heterocycles. The highest BCUT2D eigenvalue weighted by Crippen LogP contribution is 2.01. The Labute approximate surface area is 54.3 Å². The third kappa shape index (κ3) is 0.604. The molecule has 0 fully saturated rings. The van der Waals surface area contributed by atoms with Crippen LogP contribution in [0.25, 0.3) is 11.4 Å². The third-order valence-corrected chi connectivity index (χ3v) is 0.993. The predicted octanol–water partition coefficient (Wildman–Crippen LogP) is 0.176. The Kier molecular flexibility index (Phi) is 0.858. The van der Waals surface area contributed by atoms with Crippen molar-refractivity contribution in [1.29, 1.82) is 0 Å². The highest BCUT2D eigenvalue weighted by atomic mass is 16.6. The Hall–Kier alpha value is -1.65. The number of aromatic nitrogens is 2. The minimum absolute atomic E-state index is 0.132. The van der Waals surface area contributed by atoms with Crippen LogP contribution in [0.1, 0.15) is 0 Å². The van der Waals surface area contributed by atoms with Gasteiger partial charge in [0.2, 0.25) is 0 Å². The lowest BCUT2D eigenvalue weighted by atomic mass is 10.7. The summed E-state index contributed by atoms with van der Waals surface area (Å²) >= 11 is 0. The molecule has 2 aromatic rings. The van der Waals surface area contributed by atoms with E-state index >= 15 is 0 Å². The Morgan fingerprint density at radius 1 is 1.10 bits per heavy atom. The van der Waals surface area contributed by atoms with E-state index in [1.807, 2.05) is 0 Å². The molecule has 0 atom stereocenters. The fourth-order valence-electron chi connectivity index (χ4n) is 0.631. The molecule has 5 heteroatoms. The lowest BCUT2D eigenvalue weighted by Crippen LogP contribution is -1.84. The molecule has 0 saturated heterocycles. The number of hydrogen-bond donors (Lipinski definition) is 0. The van der Waals surface area contributed by atoms with Crippen molar-refractivity contribution < 1.29 is 8.83 Å². The molecule has 10 heavy (non-hydrogen) atoms. The van der Waals surface area contributed by atoms with Crippen LogP contribution in [0.15, 0.2) is 26.0 Å². The van der Waals surface area contributed by atoms with E-state index in [0.29, 0.717) is 0 Å². The average Bonchev–Trinajstić information content (AvgIpc) is 2.27. The van der Waals surface area contributed by atoms with Crippen molar-refractivity contribution in [2.45, 2.75) is 0 Å². The van der Waals surface area contributed by atoms with Crippen LogP contribution in [-0.2, 0) is 0 Å². The summed E-state index contributed by atoms with van der Waals surface area (Å²) in [5, 5.41) is 0. The highest BCUT2D eigenvalue weighted by Gasteiger charge is 2.02. The van der Waals surface area contributed by atoms with Gasteiger partial charge in [-0.1, -0.05) is 0 Å².